The lowest BCUT2D eigenvalue weighted by Crippen LogP contribution is -2.27. The van der Waals surface area contributed by atoms with Crippen LogP contribution in [0.15, 0.2) is 78.2 Å². The number of rotatable bonds is 8. The molecule has 2 heterocycles. The van der Waals surface area contributed by atoms with Gasteiger partial charge in [0.1, 0.15) is 5.82 Å². The van der Waals surface area contributed by atoms with Gasteiger partial charge in [-0.15, -0.1) is 10.2 Å². The Morgan fingerprint density at radius 1 is 1.06 bits per heavy atom. The molecule has 4 rings (SSSR count). The number of carbonyl (C=O) groups is 1. The Bertz CT molecular complexity index is 1230. The lowest BCUT2D eigenvalue weighted by atomic mass is 10.1. The van der Waals surface area contributed by atoms with E-state index in [1.54, 1.807) is 41.2 Å². The second-order valence-corrected chi connectivity index (χ2v) is 8.87. The summed E-state index contributed by atoms with van der Waals surface area (Å²) < 4.78 is 16.4. The predicted octanol–water partition coefficient (Wildman–Crippen LogP) is 5.15. The van der Waals surface area contributed by atoms with Gasteiger partial charge in [-0.2, -0.15) is 0 Å². The SMILES string of the molecule is CC(C)CNC(=O)c1ccc(CSc2nnc(-c3cccnc3)n2-c2ccccc2F)cc1. The Kier molecular flexibility index (Phi) is 7.14. The molecule has 4 aromatic rings. The van der Waals surface area contributed by atoms with E-state index in [0.29, 0.717) is 40.4 Å². The standard InChI is InChI=1S/C25H24FN5OS/c1-17(2)14-28-24(32)19-11-9-18(10-12-19)16-33-25-30-29-23(20-6-5-13-27-15-20)31(25)22-8-4-3-7-21(22)26/h3-13,15,17H,14,16H2,1-2H3,(H,28,32). The van der Waals surface area contributed by atoms with Gasteiger partial charge in [-0.05, 0) is 47.9 Å². The fraction of sp³-hybridized carbons (Fsp3) is 0.200. The Balaban J connectivity index is 1.56. The van der Waals surface area contributed by atoms with Crippen molar-refractivity contribution in [2.75, 3.05) is 6.54 Å². The fourth-order valence-electron chi connectivity index (χ4n) is 3.19. The van der Waals surface area contributed by atoms with Crippen molar-refractivity contribution in [2.24, 2.45) is 5.92 Å². The summed E-state index contributed by atoms with van der Waals surface area (Å²) in [7, 11) is 0. The highest BCUT2D eigenvalue weighted by Gasteiger charge is 2.19. The van der Waals surface area contributed by atoms with Crippen molar-refractivity contribution in [3.05, 3.63) is 90.0 Å². The van der Waals surface area contributed by atoms with Crippen LogP contribution in [0.4, 0.5) is 4.39 Å². The molecular formula is C25H24FN5OS. The molecule has 0 aliphatic heterocycles. The van der Waals surface area contributed by atoms with Crippen LogP contribution in [0.3, 0.4) is 0 Å². The first-order chi connectivity index (χ1) is 16.0. The van der Waals surface area contributed by atoms with Gasteiger partial charge in [0.15, 0.2) is 11.0 Å². The fourth-order valence-corrected chi connectivity index (χ4v) is 4.10. The summed E-state index contributed by atoms with van der Waals surface area (Å²) in [4.78, 5) is 16.4. The van der Waals surface area contributed by atoms with E-state index in [2.05, 4.69) is 34.3 Å². The third-order valence-electron chi connectivity index (χ3n) is 4.90. The smallest absolute Gasteiger partial charge is 0.251 e. The van der Waals surface area contributed by atoms with Crippen molar-refractivity contribution in [2.45, 2.75) is 24.8 Å². The number of nitrogens with zero attached hydrogens (tertiary/aromatic N) is 4. The van der Waals surface area contributed by atoms with E-state index < -0.39 is 0 Å². The van der Waals surface area contributed by atoms with E-state index in [0.717, 1.165) is 11.1 Å². The summed E-state index contributed by atoms with van der Waals surface area (Å²) in [5, 5.41) is 12.1. The first-order valence-corrected chi connectivity index (χ1v) is 11.6. The predicted molar refractivity (Wildman–Crippen MR) is 128 cm³/mol. The van der Waals surface area contributed by atoms with Gasteiger partial charge in [-0.1, -0.05) is 49.9 Å². The molecule has 2 aromatic heterocycles. The van der Waals surface area contributed by atoms with Crippen LogP contribution in [0.1, 0.15) is 29.8 Å². The zero-order chi connectivity index (χ0) is 23.2. The van der Waals surface area contributed by atoms with E-state index in [-0.39, 0.29) is 11.7 Å². The Hall–Kier alpha value is -3.52. The number of carbonyl (C=O) groups excluding carboxylic acids is 1. The first-order valence-electron chi connectivity index (χ1n) is 10.6. The molecule has 168 valence electrons. The monoisotopic (exact) mass is 461 g/mol. The highest BCUT2D eigenvalue weighted by molar-refractivity contribution is 7.98. The number of thioether (sulfide) groups is 1. The lowest BCUT2D eigenvalue weighted by molar-refractivity contribution is 0.0949. The normalized spacial score (nSPS) is 11.0. The molecule has 6 nitrogen and oxygen atoms in total. The molecular weight excluding hydrogens is 437 g/mol. The van der Waals surface area contributed by atoms with Gasteiger partial charge in [0.05, 0.1) is 5.69 Å². The number of hydrogen-bond donors (Lipinski definition) is 1. The van der Waals surface area contributed by atoms with Crippen molar-refractivity contribution >= 4 is 17.7 Å². The molecule has 0 saturated heterocycles. The third-order valence-corrected chi connectivity index (χ3v) is 5.90. The lowest BCUT2D eigenvalue weighted by Gasteiger charge is -2.11. The Morgan fingerprint density at radius 3 is 2.55 bits per heavy atom. The van der Waals surface area contributed by atoms with Crippen molar-refractivity contribution < 1.29 is 9.18 Å². The van der Waals surface area contributed by atoms with Crippen LogP contribution in [0.25, 0.3) is 17.1 Å². The highest BCUT2D eigenvalue weighted by atomic mass is 32.2. The molecule has 33 heavy (non-hydrogen) atoms. The summed E-state index contributed by atoms with van der Waals surface area (Å²) in [5.41, 5.74) is 2.77. The summed E-state index contributed by atoms with van der Waals surface area (Å²) in [6, 6.07) is 17.7. The molecule has 0 saturated carbocycles. The number of para-hydroxylation sites is 1. The molecule has 0 atom stereocenters. The van der Waals surface area contributed by atoms with Gasteiger partial charge in [-0.3, -0.25) is 14.3 Å². The maximum absolute atomic E-state index is 14.7. The van der Waals surface area contributed by atoms with Crippen LogP contribution < -0.4 is 5.32 Å². The number of benzene rings is 2. The average Bonchev–Trinajstić information content (AvgIpc) is 3.26. The molecule has 0 aliphatic rings. The second kappa shape index (κ2) is 10.4. The maximum atomic E-state index is 14.7. The quantitative estimate of drug-likeness (QED) is 0.368. The number of pyridine rings is 1. The maximum Gasteiger partial charge on any atom is 0.251 e. The molecule has 1 N–H and O–H groups in total. The van der Waals surface area contributed by atoms with E-state index in [1.807, 2.05) is 30.3 Å². The van der Waals surface area contributed by atoms with Gasteiger partial charge in [0, 0.05) is 35.8 Å². The summed E-state index contributed by atoms with van der Waals surface area (Å²) >= 11 is 1.45. The minimum atomic E-state index is -0.360. The molecule has 2 aromatic carbocycles. The van der Waals surface area contributed by atoms with E-state index in [4.69, 9.17) is 0 Å². The molecule has 0 unspecified atom stereocenters. The van der Waals surface area contributed by atoms with Crippen molar-refractivity contribution in [3.8, 4) is 17.1 Å². The Morgan fingerprint density at radius 2 is 1.85 bits per heavy atom. The van der Waals surface area contributed by atoms with Gasteiger partial charge < -0.3 is 5.32 Å². The molecule has 0 spiro atoms. The van der Waals surface area contributed by atoms with Crippen LogP contribution in [-0.4, -0.2) is 32.2 Å². The van der Waals surface area contributed by atoms with Gasteiger partial charge in [-0.25, -0.2) is 4.39 Å². The molecule has 0 radical (unpaired) electrons. The van der Waals surface area contributed by atoms with Crippen LogP contribution >= 0.6 is 11.8 Å². The van der Waals surface area contributed by atoms with Crippen LogP contribution in [0.2, 0.25) is 0 Å². The topological polar surface area (TPSA) is 72.7 Å². The number of halogens is 1. The largest absolute Gasteiger partial charge is 0.352 e. The van der Waals surface area contributed by atoms with Crippen molar-refractivity contribution in [1.82, 2.24) is 25.1 Å². The molecule has 0 bridgehead atoms. The molecule has 8 heteroatoms. The van der Waals surface area contributed by atoms with E-state index in [9.17, 15) is 9.18 Å². The summed E-state index contributed by atoms with van der Waals surface area (Å²) in [6.45, 7) is 4.75. The van der Waals surface area contributed by atoms with Gasteiger partial charge in [0.25, 0.3) is 5.91 Å². The van der Waals surface area contributed by atoms with E-state index >= 15 is 0 Å². The van der Waals surface area contributed by atoms with E-state index in [1.165, 1.54) is 17.8 Å². The van der Waals surface area contributed by atoms with Crippen molar-refractivity contribution in [1.29, 1.82) is 0 Å². The zero-order valence-electron chi connectivity index (χ0n) is 18.4. The second-order valence-electron chi connectivity index (χ2n) is 7.92. The number of nitrogens with one attached hydrogen (secondary N) is 1. The highest BCUT2D eigenvalue weighted by Crippen LogP contribution is 2.30. The minimum absolute atomic E-state index is 0.0803. The summed E-state index contributed by atoms with van der Waals surface area (Å²) in [6.07, 6.45) is 3.36. The summed E-state index contributed by atoms with van der Waals surface area (Å²) in [5.74, 6) is 1.07. The third kappa shape index (κ3) is 5.46. The first kappa shape index (κ1) is 22.7. The van der Waals surface area contributed by atoms with Crippen molar-refractivity contribution in [3.63, 3.8) is 0 Å². The average molecular weight is 462 g/mol. The molecule has 0 aliphatic carbocycles. The Labute approximate surface area is 196 Å². The van der Waals surface area contributed by atoms with Crippen LogP contribution in [0.5, 0.6) is 0 Å². The van der Waals surface area contributed by atoms with Crippen LogP contribution in [-0.2, 0) is 5.75 Å². The van der Waals surface area contributed by atoms with Gasteiger partial charge in [0.2, 0.25) is 0 Å². The van der Waals surface area contributed by atoms with Gasteiger partial charge >= 0.3 is 0 Å². The minimum Gasteiger partial charge on any atom is -0.352 e. The van der Waals surface area contributed by atoms with Crippen LogP contribution in [0, 0.1) is 11.7 Å². The number of hydrogen-bond acceptors (Lipinski definition) is 5. The molecule has 0 fully saturated rings. The molecule has 1 amide bonds. The zero-order valence-corrected chi connectivity index (χ0v) is 19.2. The number of aromatic nitrogens is 4. The number of amides is 1.